The van der Waals surface area contributed by atoms with Gasteiger partial charge in [0.1, 0.15) is 5.71 Å². The molecule has 0 bridgehead atoms. The van der Waals surface area contributed by atoms with Crippen molar-refractivity contribution in [1.29, 1.82) is 0 Å². The third-order valence-corrected chi connectivity index (χ3v) is 4.28. The largest absolute Gasteiger partial charge is 0.379 e. The van der Waals surface area contributed by atoms with Crippen molar-refractivity contribution in [3.05, 3.63) is 53.3 Å². The zero-order chi connectivity index (χ0) is 15.4. The fourth-order valence-corrected chi connectivity index (χ4v) is 3.02. The SMILES string of the molecule is O=C1C=CC=C2NCc3c(CCCCCCl)cccc3N=C12. The molecule has 0 spiro atoms. The highest BCUT2D eigenvalue weighted by molar-refractivity contribution is 6.50. The van der Waals surface area contributed by atoms with E-state index in [2.05, 4.69) is 16.4 Å². The van der Waals surface area contributed by atoms with Crippen LogP contribution in [-0.4, -0.2) is 17.4 Å². The van der Waals surface area contributed by atoms with Crippen molar-refractivity contribution in [1.82, 2.24) is 5.32 Å². The lowest BCUT2D eigenvalue weighted by Gasteiger charge is -2.12. The van der Waals surface area contributed by atoms with Crippen LogP contribution in [0.3, 0.4) is 0 Å². The molecule has 3 nitrogen and oxygen atoms in total. The fraction of sp³-hybridized carbons (Fsp3) is 0.333. The number of allylic oxidation sites excluding steroid dienone is 4. The smallest absolute Gasteiger partial charge is 0.206 e. The van der Waals surface area contributed by atoms with Gasteiger partial charge in [0.05, 0.1) is 11.4 Å². The lowest BCUT2D eigenvalue weighted by molar-refractivity contribution is -0.108. The zero-order valence-electron chi connectivity index (χ0n) is 12.4. The Morgan fingerprint density at radius 3 is 3.00 bits per heavy atom. The Bertz CT molecular complexity index is 674. The first kappa shape index (κ1) is 15.0. The summed E-state index contributed by atoms with van der Waals surface area (Å²) in [6.07, 6.45) is 9.59. The van der Waals surface area contributed by atoms with Crippen LogP contribution in [0.1, 0.15) is 30.4 Å². The molecule has 3 rings (SSSR count). The van der Waals surface area contributed by atoms with Gasteiger partial charge in [-0.15, -0.1) is 11.6 Å². The Morgan fingerprint density at radius 2 is 2.14 bits per heavy atom. The van der Waals surface area contributed by atoms with Gasteiger partial charge in [-0.1, -0.05) is 24.6 Å². The second-order valence-corrected chi connectivity index (χ2v) is 5.91. The first-order valence-electron chi connectivity index (χ1n) is 7.72. The summed E-state index contributed by atoms with van der Waals surface area (Å²) < 4.78 is 0. The number of ketones is 1. The number of carbonyl (C=O) groups excluding carboxylic acids is 1. The summed E-state index contributed by atoms with van der Waals surface area (Å²) in [5.74, 6) is 0.691. The minimum absolute atomic E-state index is 0.0367. The van der Waals surface area contributed by atoms with Crippen molar-refractivity contribution in [3.63, 3.8) is 0 Å². The Labute approximate surface area is 135 Å². The van der Waals surface area contributed by atoms with E-state index in [-0.39, 0.29) is 5.78 Å². The summed E-state index contributed by atoms with van der Waals surface area (Å²) in [4.78, 5) is 16.6. The summed E-state index contributed by atoms with van der Waals surface area (Å²) in [6.45, 7) is 0.709. The average molecular weight is 315 g/mol. The number of aliphatic imine (C=N–C) groups is 1. The van der Waals surface area contributed by atoms with Crippen LogP contribution in [0.15, 0.2) is 47.1 Å². The molecule has 0 saturated carbocycles. The van der Waals surface area contributed by atoms with Crippen LogP contribution in [0.5, 0.6) is 0 Å². The summed E-state index contributed by atoms with van der Waals surface area (Å²) >= 11 is 5.73. The number of aryl methyl sites for hydroxylation is 1. The highest BCUT2D eigenvalue weighted by Gasteiger charge is 2.21. The molecular weight excluding hydrogens is 296 g/mol. The average Bonchev–Trinajstić information content (AvgIpc) is 2.72. The number of fused-ring (bicyclic) bond motifs is 2. The monoisotopic (exact) mass is 314 g/mol. The number of unbranched alkanes of at least 4 members (excludes halogenated alkanes) is 2. The molecule has 1 aromatic carbocycles. The van der Waals surface area contributed by atoms with E-state index in [9.17, 15) is 4.79 Å². The highest BCUT2D eigenvalue weighted by Crippen LogP contribution is 2.28. The Kier molecular flexibility index (Phi) is 4.74. The van der Waals surface area contributed by atoms with Crippen LogP contribution in [-0.2, 0) is 17.8 Å². The molecule has 0 unspecified atom stereocenters. The predicted molar refractivity (Wildman–Crippen MR) is 90.9 cm³/mol. The number of benzene rings is 1. The van der Waals surface area contributed by atoms with Crippen molar-refractivity contribution < 1.29 is 4.79 Å². The number of carbonyl (C=O) groups is 1. The molecule has 1 aliphatic carbocycles. The van der Waals surface area contributed by atoms with Crippen LogP contribution in [0.25, 0.3) is 0 Å². The third-order valence-electron chi connectivity index (χ3n) is 4.01. The second kappa shape index (κ2) is 6.93. The maximum absolute atomic E-state index is 12.0. The van der Waals surface area contributed by atoms with E-state index in [1.54, 1.807) is 12.2 Å². The molecule has 0 aromatic heterocycles. The maximum atomic E-state index is 12.0. The standard InChI is InChI=1S/C18H19ClN2O/c19-11-3-1-2-6-13-7-4-8-15-14(13)12-20-16-9-5-10-17(22)18(16)21-15/h4-5,7-10,20H,1-3,6,11-12H2. The Balaban J connectivity index is 1.86. The van der Waals surface area contributed by atoms with E-state index in [0.29, 0.717) is 12.3 Å². The second-order valence-electron chi connectivity index (χ2n) is 5.53. The topological polar surface area (TPSA) is 41.5 Å². The number of halogens is 1. The van der Waals surface area contributed by atoms with Crippen LogP contribution in [0.2, 0.25) is 0 Å². The first-order valence-corrected chi connectivity index (χ1v) is 8.25. The lowest BCUT2D eigenvalue weighted by Crippen LogP contribution is -2.25. The van der Waals surface area contributed by atoms with E-state index in [0.717, 1.165) is 42.9 Å². The predicted octanol–water partition coefficient (Wildman–Crippen LogP) is 3.84. The van der Waals surface area contributed by atoms with Crippen LogP contribution >= 0.6 is 11.6 Å². The van der Waals surface area contributed by atoms with Crippen molar-refractivity contribution in [3.8, 4) is 0 Å². The van der Waals surface area contributed by atoms with Crippen LogP contribution in [0, 0.1) is 0 Å². The van der Waals surface area contributed by atoms with Gasteiger partial charge in [0.15, 0.2) is 0 Å². The number of hydrogen-bond acceptors (Lipinski definition) is 3. The van der Waals surface area contributed by atoms with Gasteiger partial charge < -0.3 is 5.32 Å². The van der Waals surface area contributed by atoms with E-state index >= 15 is 0 Å². The molecule has 0 fully saturated rings. The van der Waals surface area contributed by atoms with Crippen LogP contribution < -0.4 is 5.32 Å². The molecule has 1 heterocycles. The molecular formula is C18H19ClN2O. The van der Waals surface area contributed by atoms with E-state index < -0.39 is 0 Å². The molecule has 0 saturated heterocycles. The zero-order valence-corrected chi connectivity index (χ0v) is 13.2. The summed E-state index contributed by atoms with van der Waals surface area (Å²) in [5, 5.41) is 3.35. The van der Waals surface area contributed by atoms with Gasteiger partial charge in [-0.25, -0.2) is 4.99 Å². The first-order chi connectivity index (χ1) is 10.8. The molecule has 114 valence electrons. The summed E-state index contributed by atoms with van der Waals surface area (Å²) in [6, 6.07) is 6.17. The van der Waals surface area contributed by atoms with Gasteiger partial charge in [0, 0.05) is 18.0 Å². The van der Waals surface area contributed by atoms with E-state index in [4.69, 9.17) is 11.6 Å². The van der Waals surface area contributed by atoms with Gasteiger partial charge >= 0.3 is 0 Å². The van der Waals surface area contributed by atoms with Crippen molar-refractivity contribution in [2.75, 3.05) is 5.88 Å². The molecule has 1 aromatic rings. The number of nitrogens with one attached hydrogen (secondary N) is 1. The highest BCUT2D eigenvalue weighted by atomic mass is 35.5. The molecule has 0 amide bonds. The minimum atomic E-state index is -0.0367. The Hall–Kier alpha value is -1.87. The van der Waals surface area contributed by atoms with Crippen molar-refractivity contribution in [2.45, 2.75) is 32.2 Å². The van der Waals surface area contributed by atoms with E-state index in [1.807, 2.05) is 18.2 Å². The number of hydrogen-bond donors (Lipinski definition) is 1. The van der Waals surface area contributed by atoms with Gasteiger partial charge in [-0.3, -0.25) is 4.79 Å². The summed E-state index contributed by atoms with van der Waals surface area (Å²) in [5.41, 5.74) is 4.74. The molecule has 2 aliphatic rings. The van der Waals surface area contributed by atoms with Gasteiger partial charge in [-0.05, 0) is 43.0 Å². The minimum Gasteiger partial charge on any atom is -0.379 e. The Morgan fingerprint density at radius 1 is 1.23 bits per heavy atom. The lowest BCUT2D eigenvalue weighted by atomic mass is 10.00. The van der Waals surface area contributed by atoms with Gasteiger partial charge in [0.25, 0.3) is 0 Å². The van der Waals surface area contributed by atoms with Gasteiger partial charge in [-0.2, -0.15) is 0 Å². The van der Waals surface area contributed by atoms with E-state index in [1.165, 1.54) is 11.1 Å². The molecule has 0 atom stereocenters. The molecule has 0 radical (unpaired) electrons. The van der Waals surface area contributed by atoms with Crippen molar-refractivity contribution in [2.24, 2.45) is 4.99 Å². The van der Waals surface area contributed by atoms with Crippen LogP contribution in [0.4, 0.5) is 5.69 Å². The molecule has 1 aliphatic heterocycles. The normalized spacial score (nSPS) is 16.1. The summed E-state index contributed by atoms with van der Waals surface area (Å²) in [7, 11) is 0. The maximum Gasteiger partial charge on any atom is 0.206 e. The third kappa shape index (κ3) is 3.14. The number of rotatable bonds is 5. The quantitative estimate of drug-likeness (QED) is 0.510. The molecule has 22 heavy (non-hydrogen) atoms. The number of alkyl halides is 1. The van der Waals surface area contributed by atoms with Crippen molar-refractivity contribution >= 4 is 28.8 Å². The number of nitrogens with zero attached hydrogens (tertiary/aromatic N) is 1. The molecule has 1 N–H and O–H groups in total. The fourth-order valence-electron chi connectivity index (χ4n) is 2.84. The molecule has 4 heteroatoms. The van der Waals surface area contributed by atoms with Gasteiger partial charge in [0.2, 0.25) is 5.78 Å².